The highest BCUT2D eigenvalue weighted by atomic mass is 32.2. The van der Waals surface area contributed by atoms with Crippen LogP contribution >= 0.6 is 0 Å². The van der Waals surface area contributed by atoms with Gasteiger partial charge in [-0.25, -0.2) is 18.2 Å². The van der Waals surface area contributed by atoms with Gasteiger partial charge in [0.05, 0.1) is 29.3 Å². The van der Waals surface area contributed by atoms with Gasteiger partial charge in [-0.2, -0.15) is 4.98 Å². The van der Waals surface area contributed by atoms with Gasteiger partial charge in [-0.3, -0.25) is 0 Å². The Labute approximate surface area is 214 Å². The highest BCUT2D eigenvalue weighted by molar-refractivity contribution is 7.92. The lowest BCUT2D eigenvalue weighted by atomic mass is 10.1. The molecule has 0 bridgehead atoms. The van der Waals surface area contributed by atoms with E-state index in [0.29, 0.717) is 50.2 Å². The minimum atomic E-state index is -3.41. The molecule has 1 aromatic heterocycles. The van der Waals surface area contributed by atoms with E-state index in [-0.39, 0.29) is 28.4 Å². The third kappa shape index (κ3) is 4.91. The maximum atomic E-state index is 12.7. The van der Waals surface area contributed by atoms with Crippen molar-refractivity contribution in [2.75, 3.05) is 54.7 Å². The monoisotopic (exact) mass is 534 g/mol. The van der Waals surface area contributed by atoms with Crippen LogP contribution in [0, 0.1) is 0 Å². The number of carbonyl (C=O) groups is 1. The molecule has 12 heteroatoms. The Morgan fingerprint density at radius 2 is 2.03 bits per heavy atom. The zero-order valence-electron chi connectivity index (χ0n) is 20.4. The summed E-state index contributed by atoms with van der Waals surface area (Å²) in [6, 6.07) is 6.20. The third-order valence-corrected chi connectivity index (χ3v) is 10.1. The van der Waals surface area contributed by atoms with Gasteiger partial charge in [0.15, 0.2) is 15.7 Å². The molecule has 36 heavy (non-hydrogen) atoms. The Kier molecular flexibility index (Phi) is 7.12. The molecule has 0 saturated carbocycles. The summed E-state index contributed by atoms with van der Waals surface area (Å²) < 4.78 is 48.1. The predicted octanol–water partition coefficient (Wildman–Crippen LogP) is 1.59. The van der Waals surface area contributed by atoms with Crippen LogP contribution in [0.5, 0.6) is 0 Å². The van der Waals surface area contributed by atoms with Gasteiger partial charge in [-0.1, -0.05) is 13.0 Å². The van der Waals surface area contributed by atoms with Crippen LogP contribution in [0.3, 0.4) is 0 Å². The average molecular weight is 535 g/mol. The Balaban J connectivity index is 1.28. The molecule has 0 N–H and O–H groups in total. The molecule has 2 saturated heterocycles. The molecular weight excluding hydrogens is 504 g/mol. The molecule has 3 aliphatic rings. The summed E-state index contributed by atoms with van der Waals surface area (Å²) in [5, 5.41) is 0. The molecule has 0 amide bonds. The molecule has 0 aliphatic carbocycles. The van der Waals surface area contributed by atoms with Crippen LogP contribution in [0.15, 0.2) is 34.1 Å². The highest BCUT2D eigenvalue weighted by Crippen LogP contribution is 2.36. The number of ether oxygens (including phenoxy) is 2. The van der Waals surface area contributed by atoms with Crippen LogP contribution in [-0.4, -0.2) is 85.9 Å². The first-order valence-corrected chi connectivity index (χ1v) is 15.1. The van der Waals surface area contributed by atoms with Crippen molar-refractivity contribution in [1.82, 2.24) is 9.97 Å². The van der Waals surface area contributed by atoms with Crippen molar-refractivity contribution in [3.05, 3.63) is 35.5 Å². The first kappa shape index (κ1) is 25.2. The molecular formula is C24H30N4O6S2. The quantitative estimate of drug-likeness (QED) is 0.382. The van der Waals surface area contributed by atoms with Gasteiger partial charge in [0, 0.05) is 32.7 Å². The van der Waals surface area contributed by atoms with Crippen LogP contribution in [0.4, 0.5) is 11.8 Å². The number of rotatable bonds is 7. The van der Waals surface area contributed by atoms with E-state index in [2.05, 4.69) is 4.90 Å². The molecule has 4 heterocycles. The average Bonchev–Trinajstić information content (AvgIpc) is 3.26. The Morgan fingerprint density at radius 3 is 2.75 bits per heavy atom. The second kappa shape index (κ2) is 10.2. The van der Waals surface area contributed by atoms with Crippen LogP contribution in [0.1, 0.15) is 35.8 Å². The molecule has 2 fully saturated rings. The van der Waals surface area contributed by atoms with Crippen LogP contribution < -0.4 is 9.80 Å². The zero-order chi connectivity index (χ0) is 25.4. The largest absolute Gasteiger partial charge is 0.611 e. The van der Waals surface area contributed by atoms with Crippen molar-refractivity contribution in [3.8, 4) is 0 Å². The van der Waals surface area contributed by atoms with Crippen LogP contribution in [0.2, 0.25) is 0 Å². The van der Waals surface area contributed by atoms with Gasteiger partial charge in [0.25, 0.3) is 0 Å². The van der Waals surface area contributed by atoms with E-state index in [4.69, 9.17) is 19.4 Å². The molecule has 1 aromatic carbocycles. The smallest absolute Gasteiger partial charge is 0.338 e. The maximum Gasteiger partial charge on any atom is 0.338 e. The highest BCUT2D eigenvalue weighted by Gasteiger charge is 2.38. The zero-order valence-corrected chi connectivity index (χ0v) is 22.0. The normalized spacial score (nSPS) is 20.6. The lowest BCUT2D eigenvalue weighted by molar-refractivity contribution is 0.0231. The summed E-state index contributed by atoms with van der Waals surface area (Å²) in [6.45, 7) is 3.83. The number of nitrogens with zero attached hydrogens (tertiary/aromatic N) is 4. The lowest BCUT2D eigenvalue weighted by Crippen LogP contribution is -2.54. The van der Waals surface area contributed by atoms with Crippen molar-refractivity contribution in [1.29, 1.82) is 0 Å². The van der Waals surface area contributed by atoms with E-state index in [1.54, 1.807) is 19.1 Å². The number of sulfone groups is 1. The van der Waals surface area contributed by atoms with Gasteiger partial charge in [0.2, 0.25) is 10.8 Å². The van der Waals surface area contributed by atoms with E-state index >= 15 is 0 Å². The number of anilines is 2. The van der Waals surface area contributed by atoms with E-state index in [1.807, 2.05) is 11.9 Å². The van der Waals surface area contributed by atoms with Gasteiger partial charge in [-0.05, 0) is 42.2 Å². The second-order valence-corrected chi connectivity index (χ2v) is 13.0. The number of fused-ring (bicyclic) bond motifs is 1. The van der Waals surface area contributed by atoms with E-state index in [9.17, 15) is 17.8 Å². The third-order valence-electron chi connectivity index (χ3n) is 6.94. The second-order valence-electron chi connectivity index (χ2n) is 9.24. The number of hydrogen-bond donors (Lipinski definition) is 0. The Hall–Kier alpha value is -2.41. The molecule has 10 nitrogen and oxygen atoms in total. The summed E-state index contributed by atoms with van der Waals surface area (Å²) in [5.41, 5.74) is 1.03. The van der Waals surface area contributed by atoms with Gasteiger partial charge >= 0.3 is 5.97 Å². The fraction of sp³-hybridized carbons (Fsp3) is 0.542. The SMILES string of the molecule is CCS(=O)(=O)c1cccc(C(=O)OC2CN(c3nc4c(c(N(C)C5CCOCC5)n3)[S+]([O-])CC4)C2)c1. The molecule has 2 aromatic rings. The Morgan fingerprint density at radius 1 is 1.28 bits per heavy atom. The number of aryl methyl sites for hydroxylation is 1. The van der Waals surface area contributed by atoms with Crippen molar-refractivity contribution < 1.29 is 27.2 Å². The number of aromatic nitrogens is 2. The fourth-order valence-corrected chi connectivity index (χ4v) is 6.98. The van der Waals surface area contributed by atoms with Crippen LogP contribution in [-0.2, 0) is 36.9 Å². The topological polar surface area (TPSA) is 125 Å². The summed E-state index contributed by atoms with van der Waals surface area (Å²) in [5.74, 6) is 1.22. The summed E-state index contributed by atoms with van der Waals surface area (Å²) in [7, 11) is -1.42. The van der Waals surface area contributed by atoms with Crippen molar-refractivity contribution in [2.24, 2.45) is 0 Å². The molecule has 1 atom stereocenters. The molecule has 5 rings (SSSR count). The summed E-state index contributed by atoms with van der Waals surface area (Å²) in [6.07, 6.45) is 2.07. The van der Waals surface area contributed by atoms with Crippen molar-refractivity contribution in [2.45, 2.75) is 48.1 Å². The molecule has 0 radical (unpaired) electrons. The number of benzene rings is 1. The molecule has 194 valence electrons. The number of esters is 1. The fourth-order valence-electron chi connectivity index (χ4n) is 4.67. The minimum absolute atomic E-state index is 0.0385. The van der Waals surface area contributed by atoms with E-state index < -0.39 is 27.0 Å². The molecule has 1 unspecified atom stereocenters. The molecule has 3 aliphatic heterocycles. The standard InChI is InChI=1S/C24H30N4O6S2/c1-3-36(31,32)19-6-4-5-16(13-19)23(29)34-18-14-28(15-18)24-25-20-9-12-35(30)21(20)22(26-24)27(2)17-7-10-33-11-8-17/h4-6,13,17-18H,3,7-12,14-15H2,1-2H3. The van der Waals surface area contributed by atoms with Gasteiger partial charge in [0.1, 0.15) is 17.6 Å². The maximum absolute atomic E-state index is 12.7. The molecule has 0 spiro atoms. The van der Waals surface area contributed by atoms with E-state index in [0.717, 1.165) is 23.4 Å². The van der Waals surface area contributed by atoms with Crippen molar-refractivity contribution >= 4 is 38.7 Å². The lowest BCUT2D eigenvalue weighted by Gasteiger charge is -2.39. The first-order valence-electron chi connectivity index (χ1n) is 12.2. The van der Waals surface area contributed by atoms with E-state index in [1.165, 1.54) is 12.1 Å². The van der Waals surface area contributed by atoms with Gasteiger partial charge in [-0.15, -0.1) is 0 Å². The number of hydrogen-bond acceptors (Lipinski definition) is 10. The van der Waals surface area contributed by atoms with Gasteiger partial charge < -0.3 is 23.8 Å². The first-order chi connectivity index (χ1) is 17.3. The van der Waals surface area contributed by atoms with Crippen molar-refractivity contribution in [3.63, 3.8) is 0 Å². The Bertz CT molecular complexity index is 1250. The van der Waals surface area contributed by atoms with Crippen LogP contribution in [0.25, 0.3) is 0 Å². The summed E-state index contributed by atoms with van der Waals surface area (Å²) in [4.78, 5) is 27.1. The number of carbonyl (C=O) groups excluding carboxylic acids is 1. The predicted molar refractivity (Wildman–Crippen MR) is 135 cm³/mol. The summed E-state index contributed by atoms with van der Waals surface area (Å²) >= 11 is -1.11. The minimum Gasteiger partial charge on any atom is -0.611 e.